The Morgan fingerprint density at radius 3 is 2.47 bits per heavy atom. The van der Waals surface area contributed by atoms with Crippen LogP contribution in [0.3, 0.4) is 0 Å². The first-order valence-electron chi connectivity index (χ1n) is 6.27. The van der Waals surface area contributed by atoms with Gasteiger partial charge in [0.05, 0.1) is 12.2 Å². The lowest BCUT2D eigenvalue weighted by atomic mass is 10.0. The summed E-state index contributed by atoms with van der Waals surface area (Å²) in [5.74, 6) is 0. The largest absolute Gasteiger partial charge is 0.369 e. The topological polar surface area (TPSA) is 21.3 Å². The molecule has 0 atom stereocenters. The van der Waals surface area contributed by atoms with Gasteiger partial charge in [-0.15, -0.1) is 0 Å². The van der Waals surface area contributed by atoms with Crippen LogP contribution in [0.4, 0.5) is 0 Å². The Bertz CT molecular complexity index is 344. The van der Waals surface area contributed by atoms with Gasteiger partial charge >= 0.3 is 0 Å². The second kappa shape index (κ2) is 5.98. The summed E-state index contributed by atoms with van der Waals surface area (Å²) in [4.78, 5) is 0. The number of ether oxygens (including phenoxy) is 1. The fourth-order valence-electron chi connectivity index (χ4n) is 2.53. The molecule has 1 aliphatic rings. The van der Waals surface area contributed by atoms with Gasteiger partial charge in [-0.3, -0.25) is 0 Å². The molecule has 0 amide bonds. The lowest BCUT2D eigenvalue weighted by molar-refractivity contribution is -0.0493. The van der Waals surface area contributed by atoms with E-state index in [1.807, 2.05) is 7.05 Å². The molecule has 0 aliphatic heterocycles. The van der Waals surface area contributed by atoms with Gasteiger partial charge in [-0.2, -0.15) is 0 Å². The Labute approximate surface area is 112 Å². The Morgan fingerprint density at radius 1 is 1.24 bits per heavy atom. The Hall–Kier alpha value is -0.380. The summed E-state index contributed by atoms with van der Waals surface area (Å²) in [6.45, 7) is 1.68. The van der Waals surface area contributed by atoms with Crippen LogP contribution in [0.25, 0.3) is 0 Å². The molecule has 3 heteroatoms. The molecular weight excluding hydrogens is 278 g/mol. The van der Waals surface area contributed by atoms with E-state index in [4.69, 9.17) is 4.74 Å². The highest BCUT2D eigenvalue weighted by atomic mass is 79.9. The van der Waals surface area contributed by atoms with Gasteiger partial charge in [-0.05, 0) is 37.6 Å². The normalized spacial score (nSPS) is 18.5. The van der Waals surface area contributed by atoms with Crippen LogP contribution in [0.15, 0.2) is 28.7 Å². The number of nitrogens with one attached hydrogen (secondary N) is 1. The molecule has 0 heterocycles. The lowest BCUT2D eigenvalue weighted by Gasteiger charge is -2.29. The van der Waals surface area contributed by atoms with Crippen molar-refractivity contribution in [1.29, 1.82) is 0 Å². The maximum atomic E-state index is 6.18. The number of benzene rings is 1. The second-order valence-corrected chi connectivity index (χ2v) is 5.75. The number of hydrogen-bond acceptors (Lipinski definition) is 2. The fraction of sp³-hybridized carbons (Fsp3) is 0.571. The Balaban J connectivity index is 1.93. The van der Waals surface area contributed by atoms with Crippen LogP contribution < -0.4 is 5.32 Å². The highest BCUT2D eigenvalue weighted by Crippen LogP contribution is 2.33. The molecule has 0 aromatic heterocycles. The van der Waals surface area contributed by atoms with Gasteiger partial charge in [-0.1, -0.05) is 40.9 Å². The maximum Gasteiger partial charge on any atom is 0.0810 e. The number of likely N-dealkylation sites (N-methyl/N-ethyl adjacent to an activating group) is 1. The molecule has 2 rings (SSSR count). The molecule has 1 N–H and O–H groups in total. The zero-order chi connectivity index (χ0) is 12.1. The van der Waals surface area contributed by atoms with Crippen LogP contribution in [-0.4, -0.2) is 19.2 Å². The van der Waals surface area contributed by atoms with E-state index in [0.29, 0.717) is 0 Å². The zero-order valence-electron chi connectivity index (χ0n) is 10.3. The molecule has 0 bridgehead atoms. The molecule has 0 radical (unpaired) electrons. The summed E-state index contributed by atoms with van der Waals surface area (Å²) >= 11 is 3.45. The summed E-state index contributed by atoms with van der Waals surface area (Å²) < 4.78 is 7.30. The zero-order valence-corrected chi connectivity index (χ0v) is 11.9. The third-order valence-corrected chi connectivity index (χ3v) is 4.00. The molecule has 0 saturated heterocycles. The van der Waals surface area contributed by atoms with Crippen molar-refractivity contribution >= 4 is 15.9 Å². The molecule has 1 fully saturated rings. The van der Waals surface area contributed by atoms with Crippen molar-refractivity contribution in [2.24, 2.45) is 0 Å². The summed E-state index contributed by atoms with van der Waals surface area (Å²) in [7, 11) is 2.00. The van der Waals surface area contributed by atoms with Crippen LogP contribution >= 0.6 is 15.9 Å². The third-order valence-electron chi connectivity index (χ3n) is 3.47. The molecule has 2 nitrogen and oxygen atoms in total. The average molecular weight is 298 g/mol. The first-order valence-corrected chi connectivity index (χ1v) is 7.06. The van der Waals surface area contributed by atoms with E-state index in [1.54, 1.807) is 0 Å². The minimum absolute atomic E-state index is 0.0713. The highest BCUT2D eigenvalue weighted by molar-refractivity contribution is 9.10. The van der Waals surface area contributed by atoms with Crippen molar-refractivity contribution in [2.75, 3.05) is 13.6 Å². The number of hydrogen-bond donors (Lipinski definition) is 1. The number of rotatable bonds is 5. The lowest BCUT2D eigenvalue weighted by Crippen LogP contribution is -2.39. The van der Waals surface area contributed by atoms with Gasteiger partial charge in [0.2, 0.25) is 0 Å². The van der Waals surface area contributed by atoms with E-state index in [0.717, 1.165) is 17.6 Å². The molecule has 1 aromatic carbocycles. The van der Waals surface area contributed by atoms with Crippen molar-refractivity contribution in [3.8, 4) is 0 Å². The quantitative estimate of drug-likeness (QED) is 0.898. The molecule has 94 valence electrons. The first-order chi connectivity index (χ1) is 8.24. The minimum Gasteiger partial charge on any atom is -0.369 e. The Kier molecular flexibility index (Phi) is 4.60. The van der Waals surface area contributed by atoms with Gasteiger partial charge in [-0.25, -0.2) is 0 Å². The van der Waals surface area contributed by atoms with Crippen molar-refractivity contribution in [2.45, 2.75) is 37.9 Å². The van der Waals surface area contributed by atoms with E-state index in [1.165, 1.54) is 31.2 Å². The van der Waals surface area contributed by atoms with E-state index in [9.17, 15) is 0 Å². The smallest absolute Gasteiger partial charge is 0.0810 e. The van der Waals surface area contributed by atoms with Crippen molar-refractivity contribution in [3.05, 3.63) is 34.3 Å². The highest BCUT2D eigenvalue weighted by Gasteiger charge is 2.33. The van der Waals surface area contributed by atoms with Gasteiger partial charge in [0.25, 0.3) is 0 Å². The van der Waals surface area contributed by atoms with Gasteiger partial charge in [0.15, 0.2) is 0 Å². The standard InChI is InChI=1S/C14H20BrNO/c1-16-11-14(8-2-3-9-14)17-10-12-4-6-13(15)7-5-12/h4-7,16H,2-3,8-11H2,1H3. The van der Waals surface area contributed by atoms with Crippen LogP contribution in [-0.2, 0) is 11.3 Å². The molecule has 0 spiro atoms. The molecule has 17 heavy (non-hydrogen) atoms. The molecule has 1 aliphatic carbocycles. The fourth-order valence-corrected chi connectivity index (χ4v) is 2.80. The van der Waals surface area contributed by atoms with Crippen LogP contribution in [0.5, 0.6) is 0 Å². The first kappa shape index (κ1) is 13.1. The van der Waals surface area contributed by atoms with Crippen molar-refractivity contribution in [3.63, 3.8) is 0 Å². The van der Waals surface area contributed by atoms with Crippen LogP contribution in [0.1, 0.15) is 31.2 Å². The van der Waals surface area contributed by atoms with E-state index >= 15 is 0 Å². The average Bonchev–Trinajstić information content (AvgIpc) is 2.78. The van der Waals surface area contributed by atoms with Gasteiger partial charge < -0.3 is 10.1 Å². The van der Waals surface area contributed by atoms with Crippen molar-refractivity contribution < 1.29 is 4.74 Å². The maximum absolute atomic E-state index is 6.18. The monoisotopic (exact) mass is 297 g/mol. The minimum atomic E-state index is 0.0713. The SMILES string of the molecule is CNCC1(OCc2ccc(Br)cc2)CCCC1. The van der Waals surface area contributed by atoms with Crippen LogP contribution in [0.2, 0.25) is 0 Å². The second-order valence-electron chi connectivity index (χ2n) is 4.84. The van der Waals surface area contributed by atoms with Gasteiger partial charge in [0, 0.05) is 11.0 Å². The molecule has 0 unspecified atom stereocenters. The van der Waals surface area contributed by atoms with E-state index in [-0.39, 0.29) is 5.60 Å². The summed E-state index contributed by atoms with van der Waals surface area (Å²) in [5, 5.41) is 3.26. The Morgan fingerprint density at radius 2 is 1.88 bits per heavy atom. The molecular formula is C14H20BrNO. The van der Waals surface area contributed by atoms with Crippen molar-refractivity contribution in [1.82, 2.24) is 5.32 Å². The van der Waals surface area contributed by atoms with E-state index in [2.05, 4.69) is 45.5 Å². The summed E-state index contributed by atoms with van der Waals surface area (Å²) in [5.41, 5.74) is 1.32. The summed E-state index contributed by atoms with van der Waals surface area (Å²) in [6, 6.07) is 8.37. The molecule has 1 saturated carbocycles. The predicted octanol–water partition coefficient (Wildman–Crippen LogP) is 3.50. The van der Waals surface area contributed by atoms with E-state index < -0.39 is 0 Å². The predicted molar refractivity (Wildman–Crippen MR) is 74.1 cm³/mol. The molecule has 1 aromatic rings. The third kappa shape index (κ3) is 3.54. The number of halogens is 1. The van der Waals surface area contributed by atoms with Crippen LogP contribution in [0, 0.1) is 0 Å². The van der Waals surface area contributed by atoms with Gasteiger partial charge in [0.1, 0.15) is 0 Å². The summed E-state index contributed by atoms with van der Waals surface area (Å²) in [6.07, 6.45) is 4.96.